The normalized spacial score (nSPS) is 27.1. The average Bonchev–Trinajstić information content (AvgIpc) is 2.30. The lowest BCUT2D eigenvalue weighted by atomic mass is 10.1. The number of rotatable bonds is 3. The van der Waals surface area contributed by atoms with Crippen LogP contribution in [-0.2, 0) is 14.6 Å². The highest BCUT2D eigenvalue weighted by atomic mass is 32.2. The largest absolute Gasteiger partial charge is 0.480 e. The summed E-state index contributed by atoms with van der Waals surface area (Å²) in [6.07, 6.45) is 1.45. The number of nitrogens with zero attached hydrogens (tertiary/aromatic N) is 2. The molecule has 0 aromatic heterocycles. The molecule has 0 aromatic carbocycles. The molecule has 2 heterocycles. The third-order valence-corrected chi connectivity index (χ3v) is 5.52. The standard InChI is InChI=1S/C11H20N2O4S/c14-11(15)9-12-3-5-13(6-4-12)10-1-7-18(16,17)8-2-10/h10H,1-9H2,(H,14,15). The molecule has 0 saturated carbocycles. The van der Waals surface area contributed by atoms with Crippen molar-refractivity contribution < 1.29 is 18.3 Å². The van der Waals surface area contributed by atoms with Crippen LogP contribution >= 0.6 is 0 Å². The van der Waals surface area contributed by atoms with Crippen LogP contribution < -0.4 is 0 Å². The summed E-state index contributed by atoms with van der Waals surface area (Å²) in [4.78, 5) is 14.8. The molecule has 7 heteroatoms. The summed E-state index contributed by atoms with van der Waals surface area (Å²) in [5.74, 6) is -0.188. The first-order valence-electron chi connectivity index (χ1n) is 6.35. The Balaban J connectivity index is 1.78. The van der Waals surface area contributed by atoms with Gasteiger partial charge < -0.3 is 5.11 Å². The van der Waals surface area contributed by atoms with Gasteiger partial charge in [-0.3, -0.25) is 14.6 Å². The molecule has 0 aliphatic carbocycles. The second-order valence-corrected chi connectivity index (χ2v) is 7.39. The lowest BCUT2D eigenvalue weighted by Crippen LogP contribution is -2.52. The SMILES string of the molecule is O=C(O)CN1CCN(C2CCS(=O)(=O)CC2)CC1. The molecule has 18 heavy (non-hydrogen) atoms. The molecule has 2 aliphatic heterocycles. The minimum Gasteiger partial charge on any atom is -0.480 e. The van der Waals surface area contributed by atoms with E-state index in [9.17, 15) is 13.2 Å². The number of aliphatic carboxylic acids is 1. The van der Waals surface area contributed by atoms with Gasteiger partial charge >= 0.3 is 5.97 Å². The quantitative estimate of drug-likeness (QED) is 0.732. The van der Waals surface area contributed by atoms with Gasteiger partial charge in [-0.2, -0.15) is 0 Å². The van der Waals surface area contributed by atoms with Gasteiger partial charge in [-0.1, -0.05) is 0 Å². The first kappa shape index (κ1) is 13.8. The first-order valence-corrected chi connectivity index (χ1v) is 8.17. The van der Waals surface area contributed by atoms with E-state index in [1.807, 2.05) is 4.90 Å². The monoisotopic (exact) mass is 276 g/mol. The molecular weight excluding hydrogens is 256 g/mol. The fraction of sp³-hybridized carbons (Fsp3) is 0.909. The Kier molecular flexibility index (Phi) is 4.24. The van der Waals surface area contributed by atoms with Crippen molar-refractivity contribution in [3.05, 3.63) is 0 Å². The molecule has 0 radical (unpaired) electrons. The summed E-state index contributed by atoms with van der Waals surface area (Å²) in [6.45, 7) is 3.31. The molecule has 0 bridgehead atoms. The van der Waals surface area contributed by atoms with E-state index in [1.165, 1.54) is 0 Å². The van der Waals surface area contributed by atoms with Crippen LogP contribution in [0.25, 0.3) is 0 Å². The minimum atomic E-state index is -2.80. The van der Waals surface area contributed by atoms with E-state index in [2.05, 4.69) is 4.90 Å². The van der Waals surface area contributed by atoms with Crippen molar-refractivity contribution in [2.75, 3.05) is 44.2 Å². The van der Waals surface area contributed by atoms with E-state index in [1.54, 1.807) is 0 Å². The van der Waals surface area contributed by atoms with Crippen molar-refractivity contribution in [2.45, 2.75) is 18.9 Å². The van der Waals surface area contributed by atoms with Crippen molar-refractivity contribution in [3.63, 3.8) is 0 Å². The summed E-state index contributed by atoms with van der Waals surface area (Å²) in [5, 5.41) is 8.72. The van der Waals surface area contributed by atoms with Crippen LogP contribution in [0.5, 0.6) is 0 Å². The van der Waals surface area contributed by atoms with Gasteiger partial charge in [-0.05, 0) is 12.8 Å². The summed E-state index contributed by atoms with van der Waals surface area (Å²) in [6, 6.07) is 0.362. The molecule has 104 valence electrons. The molecule has 6 nitrogen and oxygen atoms in total. The fourth-order valence-corrected chi connectivity index (χ4v) is 4.19. The molecule has 2 saturated heterocycles. The van der Waals surface area contributed by atoms with Gasteiger partial charge in [0.2, 0.25) is 0 Å². The third kappa shape index (κ3) is 3.66. The van der Waals surface area contributed by atoms with E-state index in [4.69, 9.17) is 5.11 Å². The Hall–Kier alpha value is -0.660. The Morgan fingerprint density at radius 3 is 2.17 bits per heavy atom. The number of hydrogen-bond donors (Lipinski definition) is 1. The number of piperazine rings is 1. The van der Waals surface area contributed by atoms with Crippen LogP contribution in [0, 0.1) is 0 Å². The van der Waals surface area contributed by atoms with Crippen LogP contribution in [0.1, 0.15) is 12.8 Å². The zero-order chi connectivity index (χ0) is 13.2. The molecule has 2 rings (SSSR count). The summed E-state index contributed by atoms with van der Waals surface area (Å²) >= 11 is 0. The van der Waals surface area contributed by atoms with Gasteiger partial charge in [0.15, 0.2) is 0 Å². The lowest BCUT2D eigenvalue weighted by molar-refractivity contribution is -0.138. The van der Waals surface area contributed by atoms with Crippen molar-refractivity contribution >= 4 is 15.8 Å². The third-order valence-electron chi connectivity index (χ3n) is 3.81. The number of carboxylic acid groups (broad SMARTS) is 1. The topological polar surface area (TPSA) is 77.9 Å². The Labute approximate surface area is 107 Å². The highest BCUT2D eigenvalue weighted by Gasteiger charge is 2.30. The van der Waals surface area contributed by atoms with Gasteiger partial charge in [0.05, 0.1) is 18.1 Å². The molecule has 0 unspecified atom stereocenters. The van der Waals surface area contributed by atoms with Gasteiger partial charge in [0.25, 0.3) is 0 Å². The van der Waals surface area contributed by atoms with Gasteiger partial charge in [-0.15, -0.1) is 0 Å². The zero-order valence-corrected chi connectivity index (χ0v) is 11.2. The van der Waals surface area contributed by atoms with E-state index < -0.39 is 15.8 Å². The fourth-order valence-electron chi connectivity index (χ4n) is 2.72. The smallest absolute Gasteiger partial charge is 0.317 e. The zero-order valence-electron chi connectivity index (χ0n) is 10.4. The molecule has 1 N–H and O–H groups in total. The lowest BCUT2D eigenvalue weighted by Gasteiger charge is -2.40. The van der Waals surface area contributed by atoms with E-state index in [-0.39, 0.29) is 6.54 Å². The van der Waals surface area contributed by atoms with Crippen LogP contribution in [0.4, 0.5) is 0 Å². The Morgan fingerprint density at radius 1 is 1.11 bits per heavy atom. The maximum absolute atomic E-state index is 11.4. The number of sulfone groups is 1. The highest BCUT2D eigenvalue weighted by molar-refractivity contribution is 7.91. The molecule has 0 amide bonds. The average molecular weight is 276 g/mol. The van der Waals surface area contributed by atoms with E-state index in [0.717, 1.165) is 39.0 Å². The number of hydrogen-bond acceptors (Lipinski definition) is 5. The minimum absolute atomic E-state index is 0.104. The highest BCUT2D eigenvalue weighted by Crippen LogP contribution is 2.19. The number of carbonyl (C=O) groups is 1. The van der Waals surface area contributed by atoms with Crippen LogP contribution in [-0.4, -0.2) is 79.6 Å². The Morgan fingerprint density at radius 2 is 1.67 bits per heavy atom. The second kappa shape index (κ2) is 5.54. The maximum atomic E-state index is 11.4. The Bertz CT molecular complexity index is 387. The number of carboxylic acids is 1. The summed E-state index contributed by atoms with van der Waals surface area (Å²) in [7, 11) is -2.80. The predicted molar refractivity (Wildman–Crippen MR) is 67.3 cm³/mol. The molecule has 0 atom stereocenters. The van der Waals surface area contributed by atoms with Crippen LogP contribution in [0.3, 0.4) is 0 Å². The van der Waals surface area contributed by atoms with E-state index >= 15 is 0 Å². The van der Waals surface area contributed by atoms with Crippen molar-refractivity contribution in [2.24, 2.45) is 0 Å². The van der Waals surface area contributed by atoms with Crippen molar-refractivity contribution in [1.29, 1.82) is 0 Å². The van der Waals surface area contributed by atoms with Crippen LogP contribution in [0.2, 0.25) is 0 Å². The molecule has 0 aromatic rings. The molecule has 0 spiro atoms. The summed E-state index contributed by atoms with van der Waals surface area (Å²) < 4.78 is 22.7. The summed E-state index contributed by atoms with van der Waals surface area (Å²) in [5.41, 5.74) is 0. The van der Waals surface area contributed by atoms with E-state index in [0.29, 0.717) is 17.5 Å². The molecule has 2 fully saturated rings. The maximum Gasteiger partial charge on any atom is 0.317 e. The van der Waals surface area contributed by atoms with Gasteiger partial charge in [0, 0.05) is 32.2 Å². The molecular formula is C11H20N2O4S. The molecule has 2 aliphatic rings. The first-order chi connectivity index (χ1) is 8.46. The van der Waals surface area contributed by atoms with Crippen molar-refractivity contribution in [1.82, 2.24) is 9.80 Å². The van der Waals surface area contributed by atoms with Gasteiger partial charge in [-0.25, -0.2) is 8.42 Å². The predicted octanol–water partition coefficient (Wildman–Crippen LogP) is -0.734. The second-order valence-electron chi connectivity index (χ2n) is 5.09. The van der Waals surface area contributed by atoms with Crippen molar-refractivity contribution in [3.8, 4) is 0 Å². The van der Waals surface area contributed by atoms with Crippen LogP contribution in [0.15, 0.2) is 0 Å². The van der Waals surface area contributed by atoms with Gasteiger partial charge in [0.1, 0.15) is 9.84 Å².